The number of fused-ring (bicyclic) bond motifs is 1. The van der Waals surface area contributed by atoms with E-state index in [1.54, 1.807) is 0 Å². The topological polar surface area (TPSA) is 52.6 Å². The number of ether oxygens (including phenoxy) is 2. The summed E-state index contributed by atoms with van der Waals surface area (Å²) in [6, 6.07) is 0. The highest BCUT2D eigenvalue weighted by Crippen LogP contribution is 2.65. The average Bonchev–Trinajstić information content (AvgIpc) is 3.02. The predicted octanol–water partition coefficient (Wildman–Crippen LogP) is 4.99. The van der Waals surface area contributed by atoms with E-state index in [1.807, 2.05) is 34.6 Å². The quantitative estimate of drug-likeness (QED) is 0.535. The van der Waals surface area contributed by atoms with Crippen LogP contribution in [0.5, 0.6) is 0 Å². The molecule has 0 amide bonds. The van der Waals surface area contributed by atoms with Gasteiger partial charge in [-0.25, -0.2) is 0 Å². The van der Waals surface area contributed by atoms with Crippen LogP contribution in [0.3, 0.4) is 0 Å². The van der Waals surface area contributed by atoms with Crippen molar-refractivity contribution in [1.29, 1.82) is 0 Å². The second-order valence-electron chi connectivity index (χ2n) is 7.60. The molecule has 1 heterocycles. The largest absolute Gasteiger partial charge is 0.461 e. The van der Waals surface area contributed by atoms with Crippen molar-refractivity contribution < 1.29 is 19.1 Å². The molecule has 3 rings (SSSR count). The summed E-state index contributed by atoms with van der Waals surface area (Å²) in [6.07, 6.45) is 3.71. The zero-order valence-corrected chi connectivity index (χ0v) is 14.8. The zero-order chi connectivity index (χ0) is 16.7. The Morgan fingerprint density at radius 1 is 1.29 bits per heavy atom. The van der Waals surface area contributed by atoms with Crippen LogP contribution in [0.2, 0.25) is 0 Å². The van der Waals surface area contributed by atoms with Crippen LogP contribution in [0.1, 0.15) is 82.1 Å². The van der Waals surface area contributed by atoms with Gasteiger partial charge < -0.3 is 9.47 Å². The standard InChI is InChI=1S/C16H24O4.C2H6.2CH4/c1-5-6-10-9-7-11-12(10)19-13(17)16(11,8-9)14(18)20-15(2,3)4;1-2;;/h9-12H,5-8H2,1-4H3;1-2H3;2*1H4. The number of carbonyl (C=O) groups excluding carboxylic acids is 2. The summed E-state index contributed by atoms with van der Waals surface area (Å²) < 4.78 is 11.1. The minimum atomic E-state index is -0.993. The molecule has 2 saturated carbocycles. The van der Waals surface area contributed by atoms with Crippen LogP contribution >= 0.6 is 0 Å². The van der Waals surface area contributed by atoms with Crippen LogP contribution in [0.15, 0.2) is 0 Å². The minimum Gasteiger partial charge on any atom is -0.461 e. The third-order valence-corrected chi connectivity index (χ3v) is 5.19. The molecule has 4 heteroatoms. The van der Waals surface area contributed by atoms with Gasteiger partial charge in [-0.05, 0) is 51.9 Å². The van der Waals surface area contributed by atoms with Crippen molar-refractivity contribution in [1.82, 2.24) is 0 Å². The van der Waals surface area contributed by atoms with E-state index in [0.29, 0.717) is 18.3 Å². The van der Waals surface area contributed by atoms with Crippen molar-refractivity contribution in [3.8, 4) is 0 Å². The van der Waals surface area contributed by atoms with Crippen LogP contribution in [-0.2, 0) is 19.1 Å². The fourth-order valence-corrected chi connectivity index (χ4v) is 4.54. The molecule has 0 N–H and O–H groups in total. The molecule has 3 fully saturated rings. The Labute approximate surface area is 148 Å². The Balaban J connectivity index is 0.00000128. The zero-order valence-electron chi connectivity index (χ0n) is 14.8. The minimum absolute atomic E-state index is 0. The summed E-state index contributed by atoms with van der Waals surface area (Å²) in [5.74, 6) is 0.255. The lowest BCUT2D eigenvalue weighted by Crippen LogP contribution is -2.45. The second-order valence-corrected chi connectivity index (χ2v) is 7.60. The number of rotatable bonds is 3. The molecule has 0 aromatic carbocycles. The summed E-state index contributed by atoms with van der Waals surface area (Å²) in [5, 5.41) is 0. The maximum absolute atomic E-state index is 12.6. The third-order valence-electron chi connectivity index (χ3n) is 5.19. The van der Waals surface area contributed by atoms with Crippen molar-refractivity contribution >= 4 is 11.9 Å². The lowest BCUT2D eigenvalue weighted by atomic mass is 9.70. The summed E-state index contributed by atoms with van der Waals surface area (Å²) in [4.78, 5) is 25.0. The van der Waals surface area contributed by atoms with E-state index < -0.39 is 11.0 Å². The molecule has 0 aromatic heterocycles. The molecule has 142 valence electrons. The van der Waals surface area contributed by atoms with E-state index in [2.05, 4.69) is 6.92 Å². The number of hydrogen-bond acceptors (Lipinski definition) is 4. The number of hydrogen-bond donors (Lipinski definition) is 0. The van der Waals surface area contributed by atoms with Crippen molar-refractivity contribution in [3.63, 3.8) is 0 Å². The molecule has 5 atom stereocenters. The normalized spacial score (nSPS) is 35.2. The van der Waals surface area contributed by atoms with Crippen molar-refractivity contribution in [2.24, 2.45) is 23.2 Å². The SMILES string of the molecule is C.C.CC.CCCC1C2CC3C1OC(=O)C3(C(=O)OC(C)(C)C)C2. The summed E-state index contributed by atoms with van der Waals surface area (Å²) in [5.41, 5.74) is -1.55. The lowest BCUT2D eigenvalue weighted by molar-refractivity contribution is -0.174. The van der Waals surface area contributed by atoms with Gasteiger partial charge in [0.1, 0.15) is 11.7 Å². The van der Waals surface area contributed by atoms with Gasteiger partial charge in [-0.2, -0.15) is 0 Å². The van der Waals surface area contributed by atoms with Gasteiger partial charge in [0.15, 0.2) is 5.41 Å². The summed E-state index contributed by atoms with van der Waals surface area (Å²) >= 11 is 0. The average molecular weight is 343 g/mol. The molecule has 2 bridgehead atoms. The molecule has 1 aliphatic heterocycles. The Bertz CT molecular complexity index is 451. The Morgan fingerprint density at radius 2 is 1.88 bits per heavy atom. The van der Waals surface area contributed by atoms with Crippen molar-refractivity contribution in [3.05, 3.63) is 0 Å². The van der Waals surface area contributed by atoms with Crippen LogP contribution in [0.25, 0.3) is 0 Å². The van der Waals surface area contributed by atoms with Gasteiger partial charge in [-0.15, -0.1) is 0 Å². The molecule has 2 aliphatic carbocycles. The highest BCUT2D eigenvalue weighted by atomic mass is 16.6. The van der Waals surface area contributed by atoms with Gasteiger partial charge in [0.25, 0.3) is 0 Å². The molecule has 0 radical (unpaired) electrons. The first-order valence-electron chi connectivity index (χ1n) is 8.74. The molecule has 4 nitrogen and oxygen atoms in total. The molecule has 5 unspecified atom stereocenters. The summed E-state index contributed by atoms with van der Waals surface area (Å²) in [7, 11) is 0. The van der Waals surface area contributed by atoms with Gasteiger partial charge in [0.2, 0.25) is 0 Å². The first-order valence-corrected chi connectivity index (χ1v) is 8.74. The van der Waals surface area contributed by atoms with Crippen LogP contribution in [-0.4, -0.2) is 23.6 Å². The molecule has 1 saturated heterocycles. The van der Waals surface area contributed by atoms with E-state index in [0.717, 1.165) is 19.3 Å². The van der Waals surface area contributed by atoms with Gasteiger partial charge in [0.05, 0.1) is 0 Å². The van der Waals surface area contributed by atoms with E-state index in [4.69, 9.17) is 9.47 Å². The van der Waals surface area contributed by atoms with Crippen LogP contribution < -0.4 is 0 Å². The maximum Gasteiger partial charge on any atom is 0.324 e. The highest BCUT2D eigenvalue weighted by molar-refractivity contribution is 6.03. The van der Waals surface area contributed by atoms with Crippen LogP contribution in [0.4, 0.5) is 0 Å². The highest BCUT2D eigenvalue weighted by Gasteiger charge is 2.74. The van der Waals surface area contributed by atoms with Crippen molar-refractivity contribution in [2.45, 2.75) is 93.8 Å². The van der Waals surface area contributed by atoms with Crippen LogP contribution in [0, 0.1) is 23.2 Å². The number of carbonyl (C=O) groups is 2. The monoisotopic (exact) mass is 342 g/mol. The Hall–Kier alpha value is -1.06. The second kappa shape index (κ2) is 7.88. The first-order chi connectivity index (χ1) is 10.3. The van der Waals surface area contributed by atoms with E-state index in [1.165, 1.54) is 0 Å². The van der Waals surface area contributed by atoms with Gasteiger partial charge in [-0.1, -0.05) is 42.0 Å². The molecule has 3 aliphatic rings. The molecular formula is C20H38O4. The van der Waals surface area contributed by atoms with E-state index in [9.17, 15) is 9.59 Å². The van der Waals surface area contributed by atoms with E-state index in [-0.39, 0.29) is 38.8 Å². The molecule has 0 spiro atoms. The third kappa shape index (κ3) is 3.34. The summed E-state index contributed by atoms with van der Waals surface area (Å²) in [6.45, 7) is 11.7. The smallest absolute Gasteiger partial charge is 0.324 e. The van der Waals surface area contributed by atoms with Gasteiger partial charge in [-0.3, -0.25) is 9.59 Å². The molecular weight excluding hydrogens is 304 g/mol. The molecule has 0 aromatic rings. The van der Waals surface area contributed by atoms with Crippen molar-refractivity contribution in [2.75, 3.05) is 0 Å². The number of esters is 2. The Morgan fingerprint density at radius 3 is 2.38 bits per heavy atom. The van der Waals surface area contributed by atoms with Gasteiger partial charge in [0, 0.05) is 5.92 Å². The molecule has 24 heavy (non-hydrogen) atoms. The first kappa shape index (κ1) is 22.9. The van der Waals surface area contributed by atoms with Gasteiger partial charge >= 0.3 is 11.9 Å². The lowest BCUT2D eigenvalue weighted by Gasteiger charge is -2.32. The fourth-order valence-electron chi connectivity index (χ4n) is 4.54. The predicted molar refractivity (Wildman–Crippen MR) is 97.6 cm³/mol. The Kier molecular flexibility index (Phi) is 7.53. The maximum atomic E-state index is 12.6. The van der Waals surface area contributed by atoms with E-state index >= 15 is 0 Å². The fraction of sp³-hybridized carbons (Fsp3) is 0.900.